The molecule has 0 aromatic heterocycles. The van der Waals surface area contributed by atoms with Crippen LogP contribution in [0.4, 0.5) is 0 Å². The maximum atomic E-state index is 6.24. The molecule has 0 radical (unpaired) electrons. The van der Waals surface area contributed by atoms with Crippen LogP contribution in [0.2, 0.25) is 5.02 Å². The summed E-state index contributed by atoms with van der Waals surface area (Å²) in [5.41, 5.74) is 8.52. The van der Waals surface area contributed by atoms with Crippen molar-refractivity contribution < 1.29 is 0 Å². The lowest BCUT2D eigenvalue weighted by atomic mass is 9.71. The molecule has 0 amide bonds. The van der Waals surface area contributed by atoms with Gasteiger partial charge in [-0.2, -0.15) is 0 Å². The van der Waals surface area contributed by atoms with Gasteiger partial charge in [-0.25, -0.2) is 0 Å². The molecule has 0 saturated heterocycles. The van der Waals surface area contributed by atoms with Crippen molar-refractivity contribution in [2.45, 2.75) is 31.7 Å². The Bertz CT molecular complexity index is 329. The molecular weight excluding hydrogens is 182 g/mol. The predicted octanol–water partition coefficient (Wildman–Crippen LogP) is 2.99. The summed E-state index contributed by atoms with van der Waals surface area (Å²) in [5.74, 6) is 0. The molecule has 1 aromatic carbocycles. The van der Waals surface area contributed by atoms with Crippen LogP contribution < -0.4 is 5.73 Å². The van der Waals surface area contributed by atoms with Crippen molar-refractivity contribution in [3.05, 3.63) is 34.3 Å². The van der Waals surface area contributed by atoms with E-state index in [9.17, 15) is 0 Å². The minimum atomic E-state index is -0.0883. The molecule has 2 N–H and O–H groups in total. The lowest BCUT2D eigenvalue weighted by Gasteiger charge is -2.39. The lowest BCUT2D eigenvalue weighted by Crippen LogP contribution is -2.43. The molecule has 1 nitrogen and oxygen atoms in total. The summed E-state index contributed by atoms with van der Waals surface area (Å²) in [4.78, 5) is 0. The molecule has 1 aliphatic rings. The summed E-state index contributed by atoms with van der Waals surface area (Å²) in [6.45, 7) is 2.05. The van der Waals surface area contributed by atoms with Crippen LogP contribution in [0.1, 0.15) is 30.4 Å². The van der Waals surface area contributed by atoms with Crippen LogP contribution in [0, 0.1) is 6.92 Å². The highest BCUT2D eigenvalue weighted by atomic mass is 35.5. The van der Waals surface area contributed by atoms with Crippen LogP contribution in [0.3, 0.4) is 0 Å². The van der Waals surface area contributed by atoms with Gasteiger partial charge in [-0.1, -0.05) is 23.7 Å². The Hall–Kier alpha value is -0.530. The molecule has 0 atom stereocenters. The summed E-state index contributed by atoms with van der Waals surface area (Å²) >= 11 is 6.05. The van der Waals surface area contributed by atoms with Crippen molar-refractivity contribution >= 4 is 11.6 Å². The van der Waals surface area contributed by atoms with Crippen molar-refractivity contribution in [3.63, 3.8) is 0 Å². The van der Waals surface area contributed by atoms with E-state index in [1.807, 2.05) is 19.1 Å². The zero-order valence-electron chi connectivity index (χ0n) is 7.81. The van der Waals surface area contributed by atoms with E-state index in [-0.39, 0.29) is 5.54 Å². The quantitative estimate of drug-likeness (QED) is 0.733. The molecule has 0 aliphatic heterocycles. The molecule has 13 heavy (non-hydrogen) atoms. The fourth-order valence-electron chi connectivity index (χ4n) is 1.97. The van der Waals surface area contributed by atoms with Gasteiger partial charge in [0.25, 0.3) is 0 Å². The Morgan fingerprint density at radius 3 is 2.62 bits per heavy atom. The van der Waals surface area contributed by atoms with Gasteiger partial charge in [-0.3, -0.25) is 0 Å². The molecule has 2 rings (SSSR count). The highest BCUT2D eigenvalue weighted by Gasteiger charge is 2.35. The van der Waals surface area contributed by atoms with Gasteiger partial charge in [0.15, 0.2) is 0 Å². The molecule has 1 aliphatic carbocycles. The minimum Gasteiger partial charge on any atom is -0.321 e. The van der Waals surface area contributed by atoms with Crippen LogP contribution in [-0.4, -0.2) is 0 Å². The normalized spacial score (nSPS) is 19.6. The first-order valence-electron chi connectivity index (χ1n) is 4.68. The van der Waals surface area contributed by atoms with E-state index in [1.165, 1.54) is 12.0 Å². The Morgan fingerprint density at radius 1 is 1.38 bits per heavy atom. The summed E-state index contributed by atoms with van der Waals surface area (Å²) in [7, 11) is 0. The van der Waals surface area contributed by atoms with Crippen molar-refractivity contribution in [1.82, 2.24) is 0 Å². The summed E-state index contributed by atoms with van der Waals surface area (Å²) < 4.78 is 0. The standard InChI is InChI=1S/C11H14ClN/c1-8-9(4-2-5-10(8)12)11(13)6-3-7-11/h2,4-5H,3,6-7,13H2,1H3. The molecule has 1 fully saturated rings. The minimum absolute atomic E-state index is 0.0883. The topological polar surface area (TPSA) is 26.0 Å². The largest absolute Gasteiger partial charge is 0.321 e. The van der Waals surface area contributed by atoms with E-state index in [2.05, 4.69) is 6.07 Å². The summed E-state index contributed by atoms with van der Waals surface area (Å²) in [6, 6.07) is 6.00. The van der Waals surface area contributed by atoms with Crippen molar-refractivity contribution in [2.75, 3.05) is 0 Å². The van der Waals surface area contributed by atoms with Gasteiger partial charge in [0.05, 0.1) is 0 Å². The van der Waals surface area contributed by atoms with Gasteiger partial charge in [0.1, 0.15) is 0 Å². The molecule has 0 bridgehead atoms. The van der Waals surface area contributed by atoms with Gasteiger partial charge in [0, 0.05) is 10.6 Å². The maximum absolute atomic E-state index is 6.24. The number of nitrogens with two attached hydrogens (primary N) is 1. The van der Waals surface area contributed by atoms with E-state index in [4.69, 9.17) is 17.3 Å². The summed E-state index contributed by atoms with van der Waals surface area (Å²) in [5, 5.41) is 0.828. The number of benzene rings is 1. The van der Waals surface area contributed by atoms with Gasteiger partial charge >= 0.3 is 0 Å². The van der Waals surface area contributed by atoms with Gasteiger partial charge in [0.2, 0.25) is 0 Å². The zero-order chi connectivity index (χ0) is 9.47. The Labute approximate surface area is 83.9 Å². The fraction of sp³-hybridized carbons (Fsp3) is 0.455. The van der Waals surface area contributed by atoms with Crippen LogP contribution in [0.15, 0.2) is 18.2 Å². The number of halogens is 1. The van der Waals surface area contributed by atoms with Gasteiger partial charge in [-0.05, 0) is 43.4 Å². The Balaban J connectivity index is 2.45. The third-order valence-electron chi connectivity index (χ3n) is 3.05. The van der Waals surface area contributed by atoms with E-state index >= 15 is 0 Å². The van der Waals surface area contributed by atoms with Gasteiger partial charge < -0.3 is 5.73 Å². The van der Waals surface area contributed by atoms with Crippen molar-refractivity contribution in [3.8, 4) is 0 Å². The third-order valence-corrected chi connectivity index (χ3v) is 3.46. The van der Waals surface area contributed by atoms with Crippen LogP contribution >= 0.6 is 11.6 Å². The number of hydrogen-bond acceptors (Lipinski definition) is 1. The monoisotopic (exact) mass is 195 g/mol. The third kappa shape index (κ3) is 1.36. The van der Waals surface area contributed by atoms with Gasteiger partial charge in [-0.15, -0.1) is 0 Å². The SMILES string of the molecule is Cc1c(Cl)cccc1C1(N)CCC1. The van der Waals surface area contributed by atoms with Crippen LogP contribution in [0.25, 0.3) is 0 Å². The fourth-order valence-corrected chi connectivity index (χ4v) is 2.15. The molecule has 0 spiro atoms. The first-order valence-corrected chi connectivity index (χ1v) is 5.06. The van der Waals surface area contributed by atoms with Crippen LogP contribution in [-0.2, 0) is 5.54 Å². The molecule has 0 unspecified atom stereocenters. The Morgan fingerprint density at radius 2 is 2.08 bits per heavy atom. The highest BCUT2D eigenvalue weighted by molar-refractivity contribution is 6.31. The second-order valence-corrected chi connectivity index (χ2v) is 4.33. The van der Waals surface area contributed by atoms with E-state index < -0.39 is 0 Å². The first kappa shape index (κ1) is 9.04. The van der Waals surface area contributed by atoms with E-state index in [0.29, 0.717) is 0 Å². The molecule has 1 saturated carbocycles. The zero-order valence-corrected chi connectivity index (χ0v) is 8.56. The molecule has 70 valence electrons. The second-order valence-electron chi connectivity index (χ2n) is 3.92. The number of rotatable bonds is 1. The lowest BCUT2D eigenvalue weighted by molar-refractivity contribution is 0.252. The average molecular weight is 196 g/mol. The summed E-state index contributed by atoms with van der Waals surface area (Å²) in [6.07, 6.45) is 3.42. The molecule has 2 heteroatoms. The Kier molecular flexibility index (Phi) is 2.09. The molecular formula is C11H14ClN. The van der Waals surface area contributed by atoms with Crippen LogP contribution in [0.5, 0.6) is 0 Å². The smallest absolute Gasteiger partial charge is 0.0438 e. The first-order chi connectivity index (χ1) is 6.13. The van der Waals surface area contributed by atoms with Crippen molar-refractivity contribution in [1.29, 1.82) is 0 Å². The molecule has 1 aromatic rings. The predicted molar refractivity (Wildman–Crippen MR) is 55.9 cm³/mol. The second kappa shape index (κ2) is 3.00. The van der Waals surface area contributed by atoms with Crippen molar-refractivity contribution in [2.24, 2.45) is 5.73 Å². The highest BCUT2D eigenvalue weighted by Crippen LogP contribution is 2.41. The number of hydrogen-bond donors (Lipinski definition) is 1. The maximum Gasteiger partial charge on any atom is 0.0438 e. The molecule has 0 heterocycles. The average Bonchev–Trinajstić information content (AvgIpc) is 2.06. The van der Waals surface area contributed by atoms with E-state index in [1.54, 1.807) is 0 Å². The van der Waals surface area contributed by atoms with E-state index in [0.717, 1.165) is 23.4 Å².